The molecule has 0 N–H and O–H groups in total. The van der Waals surface area contributed by atoms with Crippen LogP contribution < -0.4 is 4.74 Å². The van der Waals surface area contributed by atoms with Crippen LogP contribution in [0.2, 0.25) is 5.02 Å². The van der Waals surface area contributed by atoms with Gasteiger partial charge in [-0.1, -0.05) is 73.0 Å². The largest absolute Gasteiger partial charge is 0.489 e. The van der Waals surface area contributed by atoms with Gasteiger partial charge in [0.2, 0.25) is 0 Å². The predicted molar refractivity (Wildman–Crippen MR) is 109 cm³/mol. The van der Waals surface area contributed by atoms with Gasteiger partial charge in [-0.15, -0.1) is 0 Å². The second-order valence-electron chi connectivity index (χ2n) is 7.01. The van der Waals surface area contributed by atoms with E-state index < -0.39 is 0 Å². The first-order valence-electron chi connectivity index (χ1n) is 9.36. The van der Waals surface area contributed by atoms with Crippen molar-refractivity contribution in [3.8, 4) is 16.9 Å². The second-order valence-corrected chi connectivity index (χ2v) is 7.44. The van der Waals surface area contributed by atoms with E-state index >= 15 is 0 Å². The predicted octanol–water partition coefficient (Wildman–Crippen LogP) is 7.24. The van der Waals surface area contributed by atoms with Crippen molar-refractivity contribution >= 4 is 11.6 Å². The SMILES string of the molecule is Clc1ccc(COc2ccc(-c3ccccc3C3CCCC3)cc2)cc1. The monoisotopic (exact) mass is 362 g/mol. The number of hydrogen-bond acceptors (Lipinski definition) is 1. The third-order valence-corrected chi connectivity index (χ3v) is 5.49. The molecule has 0 heterocycles. The van der Waals surface area contributed by atoms with Gasteiger partial charge in [0.05, 0.1) is 0 Å². The van der Waals surface area contributed by atoms with E-state index in [0.717, 1.165) is 16.3 Å². The molecular formula is C24H23ClO. The van der Waals surface area contributed by atoms with Gasteiger partial charge in [-0.2, -0.15) is 0 Å². The van der Waals surface area contributed by atoms with Gasteiger partial charge in [0.25, 0.3) is 0 Å². The summed E-state index contributed by atoms with van der Waals surface area (Å²) >= 11 is 5.92. The van der Waals surface area contributed by atoms with Crippen molar-refractivity contribution in [1.29, 1.82) is 0 Å². The molecule has 1 nitrogen and oxygen atoms in total. The fourth-order valence-corrected chi connectivity index (χ4v) is 3.96. The molecule has 0 unspecified atom stereocenters. The van der Waals surface area contributed by atoms with E-state index in [1.165, 1.54) is 42.4 Å². The fraction of sp³-hybridized carbons (Fsp3) is 0.250. The van der Waals surface area contributed by atoms with E-state index in [4.69, 9.17) is 16.3 Å². The first-order valence-corrected chi connectivity index (χ1v) is 9.74. The van der Waals surface area contributed by atoms with Crippen molar-refractivity contribution in [2.45, 2.75) is 38.2 Å². The molecule has 3 aromatic carbocycles. The van der Waals surface area contributed by atoms with E-state index in [0.29, 0.717) is 12.5 Å². The summed E-state index contributed by atoms with van der Waals surface area (Å²) in [7, 11) is 0. The van der Waals surface area contributed by atoms with Gasteiger partial charge < -0.3 is 4.74 Å². The molecule has 26 heavy (non-hydrogen) atoms. The molecule has 1 aliphatic rings. The average Bonchev–Trinajstić information content (AvgIpc) is 3.23. The van der Waals surface area contributed by atoms with Gasteiger partial charge in [-0.05, 0) is 65.3 Å². The summed E-state index contributed by atoms with van der Waals surface area (Å²) < 4.78 is 5.91. The van der Waals surface area contributed by atoms with Crippen LogP contribution in [0, 0.1) is 0 Å². The molecule has 1 saturated carbocycles. The van der Waals surface area contributed by atoms with Crippen LogP contribution in [0.5, 0.6) is 5.75 Å². The summed E-state index contributed by atoms with van der Waals surface area (Å²) in [5, 5.41) is 0.749. The van der Waals surface area contributed by atoms with Gasteiger partial charge in [0.1, 0.15) is 12.4 Å². The Morgan fingerprint density at radius 1 is 0.808 bits per heavy atom. The first-order chi connectivity index (χ1) is 12.8. The standard InChI is InChI=1S/C24H23ClO/c25-21-13-9-18(10-14-21)17-26-22-15-11-20(12-16-22)24-8-4-3-7-23(24)19-5-1-2-6-19/h3-4,7-16,19H,1-2,5-6,17H2. The minimum absolute atomic E-state index is 0.551. The van der Waals surface area contributed by atoms with Crippen molar-refractivity contribution in [1.82, 2.24) is 0 Å². The molecule has 0 radical (unpaired) electrons. The van der Waals surface area contributed by atoms with Crippen LogP contribution in [0.1, 0.15) is 42.7 Å². The highest BCUT2D eigenvalue weighted by Crippen LogP contribution is 2.39. The molecule has 0 bridgehead atoms. The Morgan fingerprint density at radius 2 is 1.50 bits per heavy atom. The molecular weight excluding hydrogens is 340 g/mol. The lowest BCUT2D eigenvalue weighted by Crippen LogP contribution is -1.97. The summed E-state index contributed by atoms with van der Waals surface area (Å²) in [5.74, 6) is 1.61. The maximum absolute atomic E-state index is 5.92. The fourth-order valence-electron chi connectivity index (χ4n) is 3.83. The Bertz CT molecular complexity index is 846. The normalized spacial score (nSPS) is 14.5. The zero-order valence-corrected chi connectivity index (χ0v) is 15.6. The van der Waals surface area contributed by atoms with Crippen molar-refractivity contribution in [3.05, 3.63) is 88.9 Å². The quantitative estimate of drug-likeness (QED) is 0.464. The highest BCUT2D eigenvalue weighted by atomic mass is 35.5. The van der Waals surface area contributed by atoms with Gasteiger partial charge in [-0.3, -0.25) is 0 Å². The third kappa shape index (κ3) is 3.94. The number of halogens is 1. The Balaban J connectivity index is 1.48. The van der Waals surface area contributed by atoms with Crippen molar-refractivity contribution in [2.24, 2.45) is 0 Å². The lowest BCUT2D eigenvalue weighted by atomic mass is 9.89. The molecule has 0 aliphatic heterocycles. The van der Waals surface area contributed by atoms with Crippen molar-refractivity contribution in [2.75, 3.05) is 0 Å². The van der Waals surface area contributed by atoms with E-state index in [9.17, 15) is 0 Å². The van der Waals surface area contributed by atoms with Gasteiger partial charge >= 0.3 is 0 Å². The van der Waals surface area contributed by atoms with Crippen molar-refractivity contribution in [3.63, 3.8) is 0 Å². The Kier molecular flexibility index (Phi) is 5.26. The van der Waals surface area contributed by atoms with Crippen LogP contribution in [0.15, 0.2) is 72.8 Å². The molecule has 1 fully saturated rings. The average molecular weight is 363 g/mol. The summed E-state index contributed by atoms with van der Waals surface area (Å²) in [6.07, 6.45) is 5.35. The minimum Gasteiger partial charge on any atom is -0.489 e. The maximum Gasteiger partial charge on any atom is 0.119 e. The molecule has 0 atom stereocenters. The first kappa shape index (κ1) is 17.2. The van der Waals surface area contributed by atoms with E-state index in [-0.39, 0.29) is 0 Å². The Labute approximate surface area is 160 Å². The number of hydrogen-bond donors (Lipinski definition) is 0. The molecule has 0 amide bonds. The second kappa shape index (κ2) is 7.97. The third-order valence-electron chi connectivity index (χ3n) is 5.24. The summed E-state index contributed by atoms with van der Waals surface area (Å²) in [4.78, 5) is 0. The topological polar surface area (TPSA) is 9.23 Å². The minimum atomic E-state index is 0.551. The highest BCUT2D eigenvalue weighted by molar-refractivity contribution is 6.30. The molecule has 0 spiro atoms. The molecule has 132 valence electrons. The lowest BCUT2D eigenvalue weighted by Gasteiger charge is -2.16. The molecule has 2 heteroatoms. The van der Waals surface area contributed by atoms with Crippen LogP contribution in [-0.2, 0) is 6.61 Å². The lowest BCUT2D eigenvalue weighted by molar-refractivity contribution is 0.306. The highest BCUT2D eigenvalue weighted by Gasteiger charge is 2.19. The molecule has 1 aliphatic carbocycles. The van der Waals surface area contributed by atoms with Gasteiger partial charge in [0, 0.05) is 5.02 Å². The van der Waals surface area contributed by atoms with Gasteiger partial charge in [-0.25, -0.2) is 0 Å². The zero-order chi connectivity index (χ0) is 17.8. The molecule has 0 aromatic heterocycles. The maximum atomic E-state index is 5.92. The number of benzene rings is 3. The summed E-state index contributed by atoms with van der Waals surface area (Å²) in [5.41, 5.74) is 5.25. The molecule has 0 saturated heterocycles. The Morgan fingerprint density at radius 3 is 2.23 bits per heavy atom. The number of ether oxygens (including phenoxy) is 1. The van der Waals surface area contributed by atoms with Crippen LogP contribution in [0.3, 0.4) is 0 Å². The van der Waals surface area contributed by atoms with Crippen molar-refractivity contribution < 1.29 is 4.74 Å². The summed E-state index contributed by atoms with van der Waals surface area (Å²) in [6.45, 7) is 0.551. The van der Waals surface area contributed by atoms with E-state index in [1.807, 2.05) is 24.3 Å². The van der Waals surface area contributed by atoms with Crippen LogP contribution in [0.25, 0.3) is 11.1 Å². The Hall–Kier alpha value is -2.25. The summed E-state index contributed by atoms with van der Waals surface area (Å²) in [6, 6.07) is 25.1. The zero-order valence-electron chi connectivity index (χ0n) is 14.8. The van der Waals surface area contributed by atoms with E-state index in [2.05, 4.69) is 48.5 Å². The van der Waals surface area contributed by atoms with E-state index in [1.54, 1.807) is 0 Å². The van der Waals surface area contributed by atoms with Crippen LogP contribution in [-0.4, -0.2) is 0 Å². The van der Waals surface area contributed by atoms with Crippen LogP contribution >= 0.6 is 11.6 Å². The number of rotatable bonds is 5. The smallest absolute Gasteiger partial charge is 0.119 e. The van der Waals surface area contributed by atoms with Crippen LogP contribution in [0.4, 0.5) is 0 Å². The van der Waals surface area contributed by atoms with Gasteiger partial charge in [0.15, 0.2) is 0 Å². The molecule has 3 aromatic rings. The molecule has 4 rings (SSSR count).